The van der Waals surface area contributed by atoms with Crippen LogP contribution in [0, 0.1) is 0 Å². The summed E-state index contributed by atoms with van der Waals surface area (Å²) in [7, 11) is 2.17. The average Bonchev–Trinajstić information content (AvgIpc) is 2.47. The van der Waals surface area contributed by atoms with Crippen LogP contribution in [0.3, 0.4) is 0 Å². The Bertz CT molecular complexity index is 442. The fraction of sp³-hybridized carbons (Fsp3) is 0.600. The molecule has 2 aliphatic heterocycles. The van der Waals surface area contributed by atoms with Crippen molar-refractivity contribution >= 4 is 5.69 Å². The van der Waals surface area contributed by atoms with Crippen LogP contribution in [0.2, 0.25) is 0 Å². The molecule has 1 saturated heterocycles. The molecule has 0 saturated carbocycles. The third-order valence-corrected chi connectivity index (χ3v) is 3.96. The summed E-state index contributed by atoms with van der Waals surface area (Å²) in [6, 6.07) is 6.21. The highest BCUT2D eigenvalue weighted by molar-refractivity contribution is 5.65. The first-order chi connectivity index (χ1) is 9.28. The Hall–Kier alpha value is -1.42. The Labute approximate surface area is 114 Å². The van der Waals surface area contributed by atoms with E-state index in [4.69, 9.17) is 9.47 Å². The van der Waals surface area contributed by atoms with Crippen molar-refractivity contribution in [3.05, 3.63) is 18.2 Å². The van der Waals surface area contributed by atoms with Crippen LogP contribution in [0.15, 0.2) is 18.2 Å². The van der Waals surface area contributed by atoms with Crippen LogP contribution in [-0.2, 0) is 0 Å². The predicted octanol–water partition coefficient (Wildman–Crippen LogP) is 1.99. The minimum Gasteiger partial charge on any atom is -0.484 e. The van der Waals surface area contributed by atoms with Crippen LogP contribution in [0.1, 0.15) is 13.3 Å². The number of piperazine rings is 1. The van der Waals surface area contributed by atoms with Gasteiger partial charge in [-0.3, -0.25) is 0 Å². The number of ether oxygens (including phenoxy) is 2. The molecule has 1 unspecified atom stereocenters. The molecule has 1 atom stereocenters. The molecule has 2 heterocycles. The first-order valence-corrected chi connectivity index (χ1v) is 7.14. The van der Waals surface area contributed by atoms with Crippen LogP contribution in [-0.4, -0.2) is 50.8 Å². The second-order valence-electron chi connectivity index (χ2n) is 5.35. The molecule has 0 spiro atoms. The van der Waals surface area contributed by atoms with Gasteiger partial charge in [-0.2, -0.15) is 0 Å². The normalized spacial score (nSPS) is 23.5. The van der Waals surface area contributed by atoms with Crippen molar-refractivity contribution in [3.8, 4) is 11.5 Å². The molecule has 2 aliphatic rings. The number of hydrogen-bond acceptors (Lipinski definition) is 4. The summed E-state index contributed by atoms with van der Waals surface area (Å²) in [5.41, 5.74) is 1.18. The number of fused-ring (bicyclic) bond motifs is 1. The van der Waals surface area contributed by atoms with Gasteiger partial charge < -0.3 is 19.3 Å². The van der Waals surface area contributed by atoms with Gasteiger partial charge in [-0.1, -0.05) is 13.0 Å². The fourth-order valence-corrected chi connectivity index (χ4v) is 2.63. The highest BCUT2D eigenvalue weighted by Gasteiger charge is 2.25. The van der Waals surface area contributed by atoms with Crippen molar-refractivity contribution in [2.24, 2.45) is 0 Å². The van der Waals surface area contributed by atoms with Gasteiger partial charge in [0, 0.05) is 26.2 Å². The van der Waals surface area contributed by atoms with E-state index in [9.17, 15) is 0 Å². The first-order valence-electron chi connectivity index (χ1n) is 7.14. The molecular weight excluding hydrogens is 240 g/mol. The van der Waals surface area contributed by atoms with Gasteiger partial charge in [-0.15, -0.1) is 0 Å². The zero-order chi connectivity index (χ0) is 13.2. The van der Waals surface area contributed by atoms with Gasteiger partial charge in [0.1, 0.15) is 12.7 Å². The average molecular weight is 262 g/mol. The highest BCUT2D eigenvalue weighted by Crippen LogP contribution is 2.41. The molecule has 1 fully saturated rings. The predicted molar refractivity (Wildman–Crippen MR) is 76.4 cm³/mol. The Kier molecular flexibility index (Phi) is 3.51. The lowest BCUT2D eigenvalue weighted by atomic mass is 10.2. The lowest BCUT2D eigenvalue weighted by molar-refractivity contribution is 0.0887. The van der Waals surface area contributed by atoms with Crippen molar-refractivity contribution in [1.29, 1.82) is 0 Å². The molecule has 0 aromatic heterocycles. The van der Waals surface area contributed by atoms with Crippen molar-refractivity contribution < 1.29 is 9.47 Å². The number of rotatable bonds is 2. The van der Waals surface area contributed by atoms with E-state index in [2.05, 4.69) is 35.9 Å². The number of para-hydroxylation sites is 1. The minimum atomic E-state index is 0.190. The van der Waals surface area contributed by atoms with Gasteiger partial charge >= 0.3 is 0 Å². The summed E-state index contributed by atoms with van der Waals surface area (Å²) >= 11 is 0. The molecule has 0 bridgehead atoms. The van der Waals surface area contributed by atoms with Crippen molar-refractivity contribution in [2.75, 3.05) is 44.7 Å². The topological polar surface area (TPSA) is 24.9 Å². The van der Waals surface area contributed by atoms with Crippen molar-refractivity contribution in [2.45, 2.75) is 19.4 Å². The molecular formula is C15H22N2O2. The van der Waals surface area contributed by atoms with Crippen LogP contribution >= 0.6 is 0 Å². The molecule has 104 valence electrons. The van der Waals surface area contributed by atoms with Gasteiger partial charge in [0.2, 0.25) is 0 Å². The Morgan fingerprint density at radius 1 is 1.21 bits per heavy atom. The monoisotopic (exact) mass is 262 g/mol. The summed E-state index contributed by atoms with van der Waals surface area (Å²) in [4.78, 5) is 4.75. The molecule has 0 N–H and O–H groups in total. The van der Waals surface area contributed by atoms with Crippen LogP contribution in [0.5, 0.6) is 11.5 Å². The summed E-state index contributed by atoms with van der Waals surface area (Å²) in [6.45, 7) is 7.09. The SMILES string of the molecule is CCC1COc2c(cccc2N2CCN(C)CC2)O1. The van der Waals surface area contributed by atoms with Gasteiger partial charge in [0.25, 0.3) is 0 Å². The van der Waals surface area contributed by atoms with Gasteiger partial charge in [-0.25, -0.2) is 0 Å². The summed E-state index contributed by atoms with van der Waals surface area (Å²) in [5.74, 6) is 1.83. The Morgan fingerprint density at radius 3 is 2.74 bits per heavy atom. The van der Waals surface area contributed by atoms with Crippen molar-refractivity contribution in [1.82, 2.24) is 4.90 Å². The third kappa shape index (κ3) is 2.50. The van der Waals surface area contributed by atoms with E-state index in [0.29, 0.717) is 6.61 Å². The molecule has 4 nitrogen and oxygen atoms in total. The summed E-state index contributed by atoms with van der Waals surface area (Å²) < 4.78 is 11.9. The minimum absolute atomic E-state index is 0.190. The second-order valence-corrected chi connectivity index (χ2v) is 5.35. The molecule has 0 aliphatic carbocycles. The van der Waals surface area contributed by atoms with E-state index in [1.165, 1.54) is 5.69 Å². The molecule has 4 heteroatoms. The van der Waals surface area contributed by atoms with E-state index in [1.807, 2.05) is 6.07 Å². The maximum absolute atomic E-state index is 5.97. The zero-order valence-electron chi connectivity index (χ0n) is 11.8. The van der Waals surface area contributed by atoms with Gasteiger partial charge in [0.05, 0.1) is 5.69 Å². The third-order valence-electron chi connectivity index (χ3n) is 3.96. The Balaban J connectivity index is 1.83. The van der Waals surface area contributed by atoms with Crippen LogP contribution < -0.4 is 14.4 Å². The summed E-state index contributed by atoms with van der Waals surface area (Å²) in [5, 5.41) is 0. The van der Waals surface area contributed by atoms with Gasteiger partial charge in [-0.05, 0) is 25.6 Å². The lowest BCUT2D eigenvalue weighted by Gasteiger charge is -2.36. The zero-order valence-corrected chi connectivity index (χ0v) is 11.8. The molecule has 0 amide bonds. The molecule has 0 radical (unpaired) electrons. The van der Waals surface area contributed by atoms with E-state index in [-0.39, 0.29) is 6.10 Å². The Morgan fingerprint density at radius 2 is 2.00 bits per heavy atom. The molecule has 1 aromatic carbocycles. The molecule has 19 heavy (non-hydrogen) atoms. The first kappa shape index (κ1) is 12.6. The van der Waals surface area contributed by atoms with E-state index >= 15 is 0 Å². The second kappa shape index (κ2) is 5.29. The lowest BCUT2D eigenvalue weighted by Crippen LogP contribution is -2.44. The maximum atomic E-state index is 5.97. The number of benzene rings is 1. The van der Waals surface area contributed by atoms with Crippen LogP contribution in [0.4, 0.5) is 5.69 Å². The molecule has 1 aromatic rings. The van der Waals surface area contributed by atoms with Crippen LogP contribution in [0.25, 0.3) is 0 Å². The number of nitrogens with zero attached hydrogens (tertiary/aromatic N) is 2. The standard InChI is InChI=1S/C15H22N2O2/c1-3-12-11-18-15-13(5-4-6-14(15)19-12)17-9-7-16(2)8-10-17/h4-6,12H,3,7-11H2,1-2H3. The molecule has 3 rings (SSSR count). The highest BCUT2D eigenvalue weighted by atomic mass is 16.6. The van der Waals surface area contributed by atoms with E-state index in [0.717, 1.165) is 44.1 Å². The van der Waals surface area contributed by atoms with E-state index < -0.39 is 0 Å². The maximum Gasteiger partial charge on any atom is 0.184 e. The van der Waals surface area contributed by atoms with Gasteiger partial charge in [0.15, 0.2) is 11.5 Å². The quantitative estimate of drug-likeness (QED) is 0.814. The number of hydrogen-bond donors (Lipinski definition) is 0. The smallest absolute Gasteiger partial charge is 0.184 e. The largest absolute Gasteiger partial charge is 0.484 e. The van der Waals surface area contributed by atoms with Crippen molar-refractivity contribution in [3.63, 3.8) is 0 Å². The summed E-state index contributed by atoms with van der Waals surface area (Å²) in [6.07, 6.45) is 1.17. The van der Waals surface area contributed by atoms with E-state index in [1.54, 1.807) is 0 Å². The number of anilines is 1. The fourth-order valence-electron chi connectivity index (χ4n) is 2.63. The number of likely N-dealkylation sites (N-methyl/N-ethyl adjacent to an activating group) is 1.